The molecular weight excluding hydrogens is 512 g/mol. The van der Waals surface area contributed by atoms with E-state index in [-0.39, 0.29) is 12.0 Å². The zero-order valence-corrected chi connectivity index (χ0v) is 27.2. The fourth-order valence-corrected chi connectivity index (χ4v) is 5.16. The second-order valence-electron chi connectivity index (χ2n) is 10.8. The van der Waals surface area contributed by atoms with Crippen LogP contribution in [0.3, 0.4) is 0 Å². The number of hydrogen-bond acceptors (Lipinski definition) is 7. The molecule has 1 fully saturated rings. The first-order valence-corrected chi connectivity index (χ1v) is 15.7. The van der Waals surface area contributed by atoms with Crippen LogP contribution in [0.25, 0.3) is 0 Å². The van der Waals surface area contributed by atoms with Crippen LogP contribution in [0.2, 0.25) is 0 Å². The predicted octanol–water partition coefficient (Wildman–Crippen LogP) is 5.48. The van der Waals surface area contributed by atoms with E-state index in [2.05, 4.69) is 76.1 Å². The standard InChI is InChI=1S/C27H42N4O.C2H5NO.C2H7N.C2H6/c1-4-5-6-7-8-24(3)27(21-31-20-17-28-22-29-31)15-18-30(19-16-27)26(32)14-13-25-11-9-23(2)10-12-25;3-1-2-4;1-3-2;1-2/h9-12,17,22,24H,4-8,13-16,18-21H2,1-3H3;2H,1,3H2;3H,1-2H3;1-2H3. The number of nitrogens with two attached hydrogens (primary N) is 1. The molecule has 1 aromatic rings. The normalized spacial score (nSPS) is 15.8. The Morgan fingerprint density at radius 1 is 1.12 bits per heavy atom. The molecule has 8 heteroatoms. The second-order valence-corrected chi connectivity index (χ2v) is 10.8. The van der Waals surface area contributed by atoms with E-state index < -0.39 is 0 Å². The van der Waals surface area contributed by atoms with Crippen molar-refractivity contribution < 1.29 is 9.59 Å². The third-order valence-electron chi connectivity index (χ3n) is 7.67. The lowest BCUT2D eigenvalue weighted by molar-refractivity contribution is -0.134. The van der Waals surface area contributed by atoms with Gasteiger partial charge in [-0.25, -0.2) is 4.99 Å². The van der Waals surface area contributed by atoms with Crippen LogP contribution in [0.4, 0.5) is 0 Å². The maximum absolute atomic E-state index is 12.9. The van der Waals surface area contributed by atoms with Gasteiger partial charge in [0.25, 0.3) is 0 Å². The van der Waals surface area contributed by atoms with Gasteiger partial charge in [-0.3, -0.25) is 9.80 Å². The molecule has 234 valence electrons. The van der Waals surface area contributed by atoms with Crippen molar-refractivity contribution in [3.63, 3.8) is 0 Å². The summed E-state index contributed by atoms with van der Waals surface area (Å²) in [6.07, 6.45) is 14.3. The molecule has 3 rings (SSSR count). The van der Waals surface area contributed by atoms with Crippen LogP contribution < -0.4 is 11.1 Å². The van der Waals surface area contributed by atoms with E-state index in [1.54, 1.807) is 6.34 Å². The Kier molecular flexibility index (Phi) is 22.5. The number of benzene rings is 1. The predicted molar refractivity (Wildman–Crippen MR) is 176 cm³/mol. The largest absolute Gasteiger partial charge is 0.343 e. The number of nitrogens with zero attached hydrogens (tertiary/aromatic N) is 4. The molecule has 0 bridgehead atoms. The molecule has 2 heterocycles. The number of hydrazone groups is 1. The molecule has 8 nitrogen and oxygen atoms in total. The Hall–Kier alpha value is -2.58. The van der Waals surface area contributed by atoms with Crippen molar-refractivity contribution in [1.82, 2.24) is 15.2 Å². The van der Waals surface area contributed by atoms with Gasteiger partial charge in [-0.1, -0.05) is 89.6 Å². The lowest BCUT2D eigenvalue weighted by atomic mass is 9.67. The van der Waals surface area contributed by atoms with Gasteiger partial charge in [0.2, 0.25) is 5.91 Å². The topological polar surface area (TPSA) is 103 Å². The minimum Gasteiger partial charge on any atom is -0.343 e. The molecule has 2 aliphatic heterocycles. The van der Waals surface area contributed by atoms with Gasteiger partial charge in [0.15, 0.2) is 0 Å². The smallest absolute Gasteiger partial charge is 0.222 e. The highest BCUT2D eigenvalue weighted by atomic mass is 16.2. The van der Waals surface area contributed by atoms with E-state index in [9.17, 15) is 4.79 Å². The summed E-state index contributed by atoms with van der Waals surface area (Å²) < 4.78 is 0. The van der Waals surface area contributed by atoms with Gasteiger partial charge in [0.05, 0.1) is 6.54 Å². The number of unbranched alkanes of at least 4 members (excludes halogenated alkanes) is 3. The van der Waals surface area contributed by atoms with Gasteiger partial charge in [-0.05, 0) is 57.2 Å². The highest BCUT2D eigenvalue weighted by Gasteiger charge is 2.41. The number of piperidine rings is 1. The molecular formula is C33H60N6O2. The van der Waals surface area contributed by atoms with Gasteiger partial charge in [-0.15, -0.1) is 0 Å². The summed E-state index contributed by atoms with van der Waals surface area (Å²) >= 11 is 0. The zero-order chi connectivity index (χ0) is 30.9. The highest BCUT2D eigenvalue weighted by molar-refractivity contribution is 5.76. The number of rotatable bonds is 12. The van der Waals surface area contributed by atoms with Crippen molar-refractivity contribution in [3.8, 4) is 0 Å². The summed E-state index contributed by atoms with van der Waals surface area (Å²) in [4.78, 5) is 28.2. The Balaban J connectivity index is 0.00000157. The fraction of sp³-hybridized carbons (Fsp3) is 0.697. The molecule has 0 radical (unpaired) electrons. The van der Waals surface area contributed by atoms with Crippen LogP contribution in [-0.2, 0) is 16.0 Å². The maximum atomic E-state index is 12.9. The highest BCUT2D eigenvalue weighted by Crippen LogP contribution is 2.42. The zero-order valence-electron chi connectivity index (χ0n) is 27.2. The molecule has 0 aliphatic carbocycles. The number of aryl methyl sites for hydroxylation is 2. The number of likely N-dealkylation sites (tertiary alicyclic amines) is 1. The first-order chi connectivity index (χ1) is 19.8. The second kappa shape index (κ2) is 24.1. The number of carbonyl (C=O) groups is 2. The number of aliphatic imine (C=N–C) groups is 1. The Morgan fingerprint density at radius 2 is 1.73 bits per heavy atom. The van der Waals surface area contributed by atoms with Crippen molar-refractivity contribution in [2.75, 3.05) is 46.8 Å². The molecule has 41 heavy (non-hydrogen) atoms. The molecule has 1 atom stereocenters. The van der Waals surface area contributed by atoms with Gasteiger partial charge in [0, 0.05) is 38.8 Å². The number of hydrogen-bond donors (Lipinski definition) is 2. The minimum absolute atomic E-state index is 0.139. The summed E-state index contributed by atoms with van der Waals surface area (Å²) in [5.74, 6) is 0.941. The SMILES string of the molecule is CC.CCCCCCC(C)C1(CN2CC=NC=N2)CCN(C(=O)CCc2ccc(C)cc2)CC1.CNC.NCC=O. The molecule has 3 N–H and O–H groups in total. The van der Waals surface area contributed by atoms with Crippen LogP contribution in [0.1, 0.15) is 90.2 Å². The van der Waals surface area contributed by atoms with Crippen molar-refractivity contribution in [2.45, 2.75) is 92.4 Å². The monoisotopic (exact) mass is 572 g/mol. The Bertz CT molecular complexity index is 848. The summed E-state index contributed by atoms with van der Waals surface area (Å²) in [7, 11) is 3.75. The maximum Gasteiger partial charge on any atom is 0.222 e. The first-order valence-electron chi connectivity index (χ1n) is 15.7. The first kappa shape index (κ1) is 38.4. The molecule has 0 saturated carbocycles. The molecule has 1 unspecified atom stereocenters. The molecule has 0 spiro atoms. The quantitative estimate of drug-likeness (QED) is 0.255. The lowest BCUT2D eigenvalue weighted by Gasteiger charge is -2.47. The van der Waals surface area contributed by atoms with Gasteiger partial charge in [0.1, 0.15) is 12.6 Å². The third-order valence-corrected chi connectivity index (χ3v) is 7.67. The number of nitrogens with one attached hydrogen (secondary N) is 1. The van der Waals surface area contributed by atoms with Crippen LogP contribution >= 0.6 is 0 Å². The summed E-state index contributed by atoms with van der Waals surface area (Å²) in [6, 6.07) is 8.55. The van der Waals surface area contributed by atoms with E-state index in [0.29, 0.717) is 24.5 Å². The molecule has 0 aromatic heterocycles. The minimum atomic E-state index is 0.139. The van der Waals surface area contributed by atoms with Crippen molar-refractivity contribution in [3.05, 3.63) is 35.4 Å². The van der Waals surface area contributed by atoms with Gasteiger partial charge in [-0.2, -0.15) is 5.10 Å². The average molecular weight is 573 g/mol. The molecule has 1 saturated heterocycles. The number of aldehydes is 1. The summed E-state index contributed by atoms with van der Waals surface area (Å²) in [5, 5.41) is 9.43. The van der Waals surface area contributed by atoms with Crippen molar-refractivity contribution in [1.29, 1.82) is 0 Å². The fourth-order valence-electron chi connectivity index (χ4n) is 5.16. The van der Waals surface area contributed by atoms with E-state index in [1.807, 2.05) is 34.2 Å². The van der Waals surface area contributed by atoms with Crippen LogP contribution in [0.15, 0.2) is 34.4 Å². The Labute approximate surface area is 251 Å². The molecule has 2 aliphatic rings. The number of amides is 1. The molecule has 1 amide bonds. The Morgan fingerprint density at radius 3 is 2.24 bits per heavy atom. The average Bonchev–Trinajstić information content (AvgIpc) is 3.01. The van der Waals surface area contributed by atoms with E-state index in [1.165, 1.54) is 43.2 Å². The van der Waals surface area contributed by atoms with E-state index in [0.717, 1.165) is 45.4 Å². The van der Waals surface area contributed by atoms with Gasteiger partial charge < -0.3 is 20.7 Å². The summed E-state index contributed by atoms with van der Waals surface area (Å²) in [6.45, 7) is 14.4. The van der Waals surface area contributed by atoms with Crippen LogP contribution in [-0.4, -0.2) is 81.5 Å². The van der Waals surface area contributed by atoms with Crippen LogP contribution in [0, 0.1) is 18.3 Å². The molecule has 1 aromatic carbocycles. The van der Waals surface area contributed by atoms with Crippen molar-refractivity contribution >= 4 is 24.7 Å². The van der Waals surface area contributed by atoms with E-state index >= 15 is 0 Å². The van der Waals surface area contributed by atoms with E-state index in [4.69, 9.17) is 4.79 Å². The number of carbonyl (C=O) groups excluding carboxylic acids is 2. The lowest BCUT2D eigenvalue weighted by Crippen LogP contribution is -2.50. The van der Waals surface area contributed by atoms with Crippen LogP contribution in [0.5, 0.6) is 0 Å². The van der Waals surface area contributed by atoms with Gasteiger partial charge >= 0.3 is 0 Å². The third kappa shape index (κ3) is 15.9. The summed E-state index contributed by atoms with van der Waals surface area (Å²) in [5.41, 5.74) is 7.40. The van der Waals surface area contributed by atoms with Crippen molar-refractivity contribution in [2.24, 2.45) is 27.2 Å².